The quantitative estimate of drug-likeness (QED) is 0.520. The van der Waals surface area contributed by atoms with E-state index in [0.717, 1.165) is 42.4 Å². The number of carbonyl (C=O) groups excluding carboxylic acids is 1. The first kappa shape index (κ1) is 21.6. The zero-order chi connectivity index (χ0) is 22.6. The molecule has 0 bridgehead atoms. The third kappa shape index (κ3) is 4.64. The second-order valence-electron chi connectivity index (χ2n) is 8.60. The van der Waals surface area contributed by atoms with Crippen LogP contribution in [0, 0.1) is 0 Å². The normalized spacial score (nSPS) is 20.0. The first-order valence-electron chi connectivity index (χ1n) is 11.4. The number of urea groups is 1. The fraction of sp³-hybridized carbons (Fsp3) is 0.360. The topological polar surface area (TPSA) is 83.5 Å². The van der Waals surface area contributed by atoms with Gasteiger partial charge in [0.25, 0.3) is 0 Å². The molecule has 2 aliphatic rings. The van der Waals surface area contributed by atoms with E-state index in [9.17, 15) is 4.79 Å². The van der Waals surface area contributed by atoms with E-state index < -0.39 is 0 Å². The molecule has 0 spiro atoms. The number of methoxy groups -OCH3 is 1. The van der Waals surface area contributed by atoms with Gasteiger partial charge in [-0.3, -0.25) is 10.2 Å². The van der Waals surface area contributed by atoms with Crippen LogP contribution in [0.15, 0.2) is 60.7 Å². The molecule has 0 unspecified atom stereocenters. The van der Waals surface area contributed by atoms with Gasteiger partial charge in [-0.25, -0.2) is 9.48 Å². The summed E-state index contributed by atoms with van der Waals surface area (Å²) >= 11 is 0. The minimum Gasteiger partial charge on any atom is -0.383 e. The Morgan fingerprint density at radius 3 is 2.61 bits per heavy atom. The van der Waals surface area contributed by atoms with Crippen molar-refractivity contribution in [2.75, 3.05) is 38.7 Å². The van der Waals surface area contributed by atoms with Crippen LogP contribution in [0.4, 0.5) is 10.6 Å². The van der Waals surface area contributed by atoms with Crippen LogP contribution < -0.4 is 16.0 Å². The van der Waals surface area contributed by atoms with Crippen LogP contribution in [-0.2, 0) is 17.8 Å². The molecule has 2 aromatic carbocycles. The number of ether oxygens (including phenoxy) is 1. The predicted octanol–water partition coefficient (Wildman–Crippen LogP) is 2.71. The largest absolute Gasteiger partial charge is 0.383 e. The number of nitrogens with zero attached hydrogens (tertiary/aromatic N) is 3. The van der Waals surface area contributed by atoms with Crippen LogP contribution in [0.2, 0.25) is 0 Å². The fourth-order valence-corrected chi connectivity index (χ4v) is 4.80. The molecular weight excluding hydrogens is 416 g/mol. The van der Waals surface area contributed by atoms with Crippen LogP contribution in [0.5, 0.6) is 0 Å². The van der Waals surface area contributed by atoms with E-state index >= 15 is 0 Å². The number of hydrogen-bond donors (Lipinski definition) is 3. The van der Waals surface area contributed by atoms with E-state index in [0.29, 0.717) is 19.7 Å². The summed E-state index contributed by atoms with van der Waals surface area (Å²) in [5, 5.41) is 14.4. The number of amides is 2. The number of carbonyl (C=O) groups is 1. The molecule has 1 aromatic heterocycles. The van der Waals surface area contributed by atoms with Crippen molar-refractivity contribution in [2.24, 2.45) is 0 Å². The monoisotopic (exact) mass is 446 g/mol. The molecular formula is C25H30N6O2. The Morgan fingerprint density at radius 1 is 1.09 bits per heavy atom. The Balaban J connectivity index is 1.35. The first-order valence-corrected chi connectivity index (χ1v) is 11.4. The molecule has 33 heavy (non-hydrogen) atoms. The number of benzene rings is 2. The summed E-state index contributed by atoms with van der Waals surface area (Å²) < 4.78 is 7.10. The van der Waals surface area contributed by atoms with Crippen molar-refractivity contribution in [3.63, 3.8) is 0 Å². The van der Waals surface area contributed by atoms with Crippen LogP contribution in [0.25, 0.3) is 5.69 Å². The maximum atomic E-state index is 13.2. The summed E-state index contributed by atoms with van der Waals surface area (Å²) in [6.07, 6.45) is 0. The smallest absolute Gasteiger partial charge is 0.320 e. The van der Waals surface area contributed by atoms with Gasteiger partial charge in [-0.05, 0) is 17.7 Å². The summed E-state index contributed by atoms with van der Waals surface area (Å²) in [4.78, 5) is 15.6. The highest BCUT2D eigenvalue weighted by atomic mass is 16.5. The Hall–Kier alpha value is -3.20. The van der Waals surface area contributed by atoms with Crippen molar-refractivity contribution in [3.05, 3.63) is 77.5 Å². The van der Waals surface area contributed by atoms with Crippen molar-refractivity contribution in [1.82, 2.24) is 25.3 Å². The Morgan fingerprint density at radius 2 is 1.85 bits per heavy atom. The molecule has 1 saturated heterocycles. The Kier molecular flexibility index (Phi) is 6.39. The van der Waals surface area contributed by atoms with E-state index in [1.165, 1.54) is 5.56 Å². The lowest BCUT2D eigenvalue weighted by molar-refractivity contribution is 0.159. The van der Waals surface area contributed by atoms with Gasteiger partial charge in [-0.15, -0.1) is 0 Å². The van der Waals surface area contributed by atoms with E-state index in [1.54, 1.807) is 7.11 Å². The molecule has 3 N–H and O–H groups in total. The molecule has 3 aromatic rings. The Labute approximate surface area is 193 Å². The average Bonchev–Trinajstić information content (AvgIpc) is 3.55. The van der Waals surface area contributed by atoms with E-state index in [1.807, 2.05) is 41.1 Å². The van der Waals surface area contributed by atoms with Crippen LogP contribution >= 0.6 is 0 Å². The van der Waals surface area contributed by atoms with E-state index in [4.69, 9.17) is 9.84 Å². The molecule has 172 valence electrons. The highest BCUT2D eigenvalue weighted by Crippen LogP contribution is 2.29. The standard InChI is InChI=1S/C25H30N6O2/c1-33-13-12-30-16-21(18-8-4-2-5-9-18)23(17-30)27-25(32)28-24-20-14-26-15-22(20)29-31(24)19-10-6-3-7-11-19/h2-11,21,23,26H,12-17H2,1H3,(H2,27,28,32)/t21-,23+/m0/s1. The molecule has 5 rings (SSSR count). The second-order valence-corrected chi connectivity index (χ2v) is 8.60. The lowest BCUT2D eigenvalue weighted by atomic mass is 9.94. The lowest BCUT2D eigenvalue weighted by Gasteiger charge is -2.21. The number of hydrogen-bond acceptors (Lipinski definition) is 5. The van der Waals surface area contributed by atoms with Crippen molar-refractivity contribution in [1.29, 1.82) is 0 Å². The van der Waals surface area contributed by atoms with E-state index in [-0.39, 0.29) is 18.0 Å². The van der Waals surface area contributed by atoms with Gasteiger partial charge in [-0.2, -0.15) is 5.10 Å². The van der Waals surface area contributed by atoms with Gasteiger partial charge in [0, 0.05) is 51.3 Å². The molecule has 0 radical (unpaired) electrons. The maximum absolute atomic E-state index is 13.2. The maximum Gasteiger partial charge on any atom is 0.320 e. The van der Waals surface area contributed by atoms with Crippen molar-refractivity contribution in [2.45, 2.75) is 25.0 Å². The second kappa shape index (κ2) is 9.74. The summed E-state index contributed by atoms with van der Waals surface area (Å²) in [5.41, 5.74) is 4.18. The highest BCUT2D eigenvalue weighted by Gasteiger charge is 2.35. The molecule has 2 amide bonds. The number of anilines is 1. The zero-order valence-electron chi connectivity index (χ0n) is 18.8. The van der Waals surface area contributed by atoms with Gasteiger partial charge >= 0.3 is 6.03 Å². The number of nitrogens with one attached hydrogen (secondary N) is 3. The molecule has 2 aliphatic heterocycles. The van der Waals surface area contributed by atoms with Gasteiger partial charge in [0.15, 0.2) is 0 Å². The first-order chi connectivity index (χ1) is 16.2. The van der Waals surface area contributed by atoms with Crippen LogP contribution in [0.3, 0.4) is 0 Å². The number of para-hydroxylation sites is 1. The zero-order valence-corrected chi connectivity index (χ0v) is 18.8. The van der Waals surface area contributed by atoms with Crippen LogP contribution in [0.1, 0.15) is 22.7 Å². The summed E-state index contributed by atoms with van der Waals surface area (Å²) in [6, 6.07) is 20.1. The van der Waals surface area contributed by atoms with E-state index in [2.05, 4.69) is 45.1 Å². The highest BCUT2D eigenvalue weighted by molar-refractivity contribution is 5.90. The Bertz CT molecular complexity index is 1090. The minimum atomic E-state index is -0.207. The molecule has 1 fully saturated rings. The van der Waals surface area contributed by atoms with Crippen molar-refractivity contribution in [3.8, 4) is 5.69 Å². The van der Waals surface area contributed by atoms with Gasteiger partial charge in [0.05, 0.1) is 24.0 Å². The van der Waals surface area contributed by atoms with Gasteiger partial charge in [-0.1, -0.05) is 48.5 Å². The fourth-order valence-electron chi connectivity index (χ4n) is 4.80. The number of rotatable bonds is 7. The van der Waals surface area contributed by atoms with Gasteiger partial charge in [0.1, 0.15) is 5.82 Å². The molecule has 0 saturated carbocycles. The third-order valence-electron chi connectivity index (χ3n) is 6.44. The molecule has 3 heterocycles. The lowest BCUT2D eigenvalue weighted by Crippen LogP contribution is -2.42. The number of aromatic nitrogens is 2. The van der Waals surface area contributed by atoms with Crippen LogP contribution in [-0.4, -0.2) is 60.1 Å². The number of fused-ring (bicyclic) bond motifs is 1. The molecule has 8 nitrogen and oxygen atoms in total. The molecule has 0 aliphatic carbocycles. The summed E-state index contributed by atoms with van der Waals surface area (Å²) in [6.45, 7) is 4.60. The van der Waals surface area contributed by atoms with Gasteiger partial charge in [0.2, 0.25) is 0 Å². The van der Waals surface area contributed by atoms with Crippen molar-refractivity contribution < 1.29 is 9.53 Å². The predicted molar refractivity (Wildman–Crippen MR) is 128 cm³/mol. The summed E-state index contributed by atoms with van der Waals surface area (Å²) in [5.74, 6) is 0.949. The minimum absolute atomic E-state index is 0.00327. The SMILES string of the molecule is COCCN1C[C@@H](NC(=O)Nc2c3c(nn2-c2ccccc2)CNC3)[C@H](c2ccccc2)C1. The number of likely N-dealkylation sites (tertiary alicyclic amines) is 1. The van der Waals surface area contributed by atoms with Crippen molar-refractivity contribution >= 4 is 11.8 Å². The van der Waals surface area contributed by atoms with Gasteiger partial charge < -0.3 is 15.4 Å². The summed E-state index contributed by atoms with van der Waals surface area (Å²) in [7, 11) is 1.72. The third-order valence-corrected chi connectivity index (χ3v) is 6.44. The average molecular weight is 447 g/mol. The molecule has 2 atom stereocenters. The molecule has 8 heteroatoms.